The summed E-state index contributed by atoms with van der Waals surface area (Å²) in [4.78, 5) is 41.7. The summed E-state index contributed by atoms with van der Waals surface area (Å²) < 4.78 is 49.3. The quantitative estimate of drug-likeness (QED) is 0.134. The van der Waals surface area contributed by atoms with Gasteiger partial charge in [-0.3, -0.25) is 23.4 Å². The van der Waals surface area contributed by atoms with Crippen molar-refractivity contribution >= 4 is 32.8 Å². The fraction of sp³-hybridized carbons (Fsp3) is 0.688. The van der Waals surface area contributed by atoms with Gasteiger partial charge in [0.25, 0.3) is 5.56 Å². The zero-order chi connectivity index (χ0) is 28.2. The fourth-order valence-corrected chi connectivity index (χ4v) is 5.96. The first kappa shape index (κ1) is 29.1. The van der Waals surface area contributed by atoms with Gasteiger partial charge in [0.2, 0.25) is 5.95 Å². The molecule has 0 radical (unpaired) electrons. The van der Waals surface area contributed by atoms with Crippen molar-refractivity contribution in [2.75, 3.05) is 12.3 Å². The minimum Gasteiger partial charge on any atom is -0.388 e. The Hall–Kier alpha value is -1.87. The molecule has 2 aromatic rings. The van der Waals surface area contributed by atoms with Gasteiger partial charge in [-0.05, 0) is 6.92 Å². The van der Waals surface area contributed by atoms with Crippen LogP contribution < -0.4 is 11.3 Å². The molecule has 4 heterocycles. The standard InChI is InChI=1S/C16H25N5O15P2/c1-4-7(22)9(24)11(26)15(33-4)35-38(30,31)36-37(28,29)32-2-5-8(23)10(25)14(34-5)21-3-18-6-12(21)19-16(17)20-13(6)27/h3-5,7-11,14-15,22-26H,2H2,1H3,(H,28,29)(H,30,31)(H3,17,19,20,27)/t4-,5-,7+,8+,9+,10+,11+,14-,15+/m0/s1. The molecular weight excluding hydrogens is 564 g/mol. The molecule has 2 fully saturated rings. The van der Waals surface area contributed by atoms with E-state index in [1.165, 1.54) is 6.92 Å². The van der Waals surface area contributed by atoms with E-state index < -0.39 is 83.1 Å². The summed E-state index contributed by atoms with van der Waals surface area (Å²) >= 11 is 0. The van der Waals surface area contributed by atoms with E-state index in [0.29, 0.717) is 0 Å². The number of phosphoric acid groups is 2. The number of aliphatic hydroxyl groups is 5. The van der Waals surface area contributed by atoms with Crippen LogP contribution in [0.3, 0.4) is 0 Å². The molecule has 2 aromatic heterocycles. The number of aliphatic hydroxyl groups excluding tert-OH is 5. The van der Waals surface area contributed by atoms with Gasteiger partial charge in [0.05, 0.1) is 19.0 Å². The first-order valence-electron chi connectivity index (χ1n) is 10.7. The molecule has 0 aromatic carbocycles. The van der Waals surface area contributed by atoms with Gasteiger partial charge < -0.3 is 50.5 Å². The molecule has 0 amide bonds. The number of aromatic amines is 1. The number of nitrogens with zero attached hydrogens (tertiary/aromatic N) is 3. The smallest absolute Gasteiger partial charge is 0.388 e. The van der Waals surface area contributed by atoms with Gasteiger partial charge in [-0.15, -0.1) is 0 Å². The van der Waals surface area contributed by atoms with Crippen molar-refractivity contribution < 1.29 is 67.3 Å². The Balaban J connectivity index is 1.39. The number of fused-ring (bicyclic) bond motifs is 1. The summed E-state index contributed by atoms with van der Waals surface area (Å²) in [7, 11) is -10.9. The predicted molar refractivity (Wildman–Crippen MR) is 119 cm³/mol. The Morgan fingerprint density at radius 2 is 1.74 bits per heavy atom. The second-order valence-corrected chi connectivity index (χ2v) is 11.4. The van der Waals surface area contributed by atoms with Crippen molar-refractivity contribution in [1.29, 1.82) is 0 Å². The number of hydrogen-bond donors (Lipinski definition) is 9. The van der Waals surface area contributed by atoms with Crippen LogP contribution in [0.4, 0.5) is 5.95 Å². The highest BCUT2D eigenvalue weighted by atomic mass is 31.3. The molecular formula is C16H25N5O15P2. The van der Waals surface area contributed by atoms with Crippen molar-refractivity contribution in [2.24, 2.45) is 0 Å². The number of aromatic nitrogens is 4. The lowest BCUT2D eigenvalue weighted by molar-refractivity contribution is -0.271. The molecule has 2 aliphatic heterocycles. The van der Waals surface area contributed by atoms with Crippen LogP contribution in [0.1, 0.15) is 13.2 Å². The lowest BCUT2D eigenvalue weighted by Crippen LogP contribution is -2.57. The summed E-state index contributed by atoms with van der Waals surface area (Å²) in [5.74, 6) is -0.266. The lowest BCUT2D eigenvalue weighted by atomic mass is 10.0. The van der Waals surface area contributed by atoms with Crippen molar-refractivity contribution in [3.05, 3.63) is 16.7 Å². The van der Waals surface area contributed by atoms with E-state index in [2.05, 4.69) is 28.3 Å². The molecule has 38 heavy (non-hydrogen) atoms. The number of nitrogen functional groups attached to an aromatic ring is 1. The normalized spacial score (nSPS) is 37.2. The van der Waals surface area contributed by atoms with E-state index in [1.54, 1.807) is 0 Å². The topological polar surface area (TPSA) is 311 Å². The highest BCUT2D eigenvalue weighted by Crippen LogP contribution is 2.61. The maximum absolute atomic E-state index is 12.3. The van der Waals surface area contributed by atoms with Crippen LogP contribution in [-0.4, -0.2) is 110 Å². The molecule has 214 valence electrons. The first-order valence-corrected chi connectivity index (χ1v) is 13.7. The number of phosphoric ester groups is 2. The highest BCUT2D eigenvalue weighted by molar-refractivity contribution is 7.61. The van der Waals surface area contributed by atoms with Crippen molar-refractivity contribution in [3.8, 4) is 0 Å². The molecule has 20 nitrogen and oxygen atoms in total. The number of anilines is 1. The number of imidazole rings is 1. The second kappa shape index (κ2) is 10.6. The molecule has 0 saturated carbocycles. The van der Waals surface area contributed by atoms with Gasteiger partial charge in [-0.1, -0.05) is 0 Å². The molecule has 11 atom stereocenters. The second-order valence-electron chi connectivity index (χ2n) is 8.42. The molecule has 4 rings (SSSR count). The third-order valence-electron chi connectivity index (χ3n) is 5.72. The van der Waals surface area contributed by atoms with E-state index in [9.17, 15) is 49.2 Å². The Morgan fingerprint density at radius 3 is 2.42 bits per heavy atom. The third kappa shape index (κ3) is 5.83. The van der Waals surface area contributed by atoms with Crippen LogP contribution in [0, 0.1) is 0 Å². The monoisotopic (exact) mass is 589 g/mol. The van der Waals surface area contributed by atoms with E-state index in [-0.39, 0.29) is 17.1 Å². The van der Waals surface area contributed by atoms with E-state index in [1.807, 2.05) is 0 Å². The van der Waals surface area contributed by atoms with Crippen LogP contribution in [0.15, 0.2) is 11.1 Å². The van der Waals surface area contributed by atoms with Crippen molar-refractivity contribution in [3.63, 3.8) is 0 Å². The Kier molecular flexibility index (Phi) is 8.12. The molecule has 10 N–H and O–H groups in total. The number of nitrogens with two attached hydrogens (primary N) is 1. The summed E-state index contributed by atoms with van der Waals surface area (Å²) in [5.41, 5.74) is 4.59. The minimum absolute atomic E-state index is 0.0994. The third-order valence-corrected chi connectivity index (χ3v) is 8.32. The highest BCUT2D eigenvalue weighted by Gasteiger charge is 2.49. The number of rotatable bonds is 8. The van der Waals surface area contributed by atoms with Crippen molar-refractivity contribution in [1.82, 2.24) is 19.5 Å². The predicted octanol–water partition coefficient (Wildman–Crippen LogP) is -3.60. The van der Waals surface area contributed by atoms with Gasteiger partial charge in [0.1, 0.15) is 36.6 Å². The molecule has 0 bridgehead atoms. The average molecular weight is 589 g/mol. The summed E-state index contributed by atoms with van der Waals surface area (Å²) in [6.45, 7) is 0.291. The zero-order valence-corrected chi connectivity index (χ0v) is 21.0. The number of ether oxygens (including phenoxy) is 2. The van der Waals surface area contributed by atoms with Gasteiger partial charge >= 0.3 is 15.6 Å². The average Bonchev–Trinajstić information content (AvgIpc) is 3.35. The fourth-order valence-electron chi connectivity index (χ4n) is 3.80. The molecule has 2 saturated heterocycles. The minimum atomic E-state index is -5.50. The molecule has 0 aliphatic carbocycles. The summed E-state index contributed by atoms with van der Waals surface area (Å²) in [5, 5.41) is 50.0. The Bertz CT molecular complexity index is 1320. The summed E-state index contributed by atoms with van der Waals surface area (Å²) in [6, 6.07) is 0. The SMILES string of the molecule is C[C@@H]1O[C@H](OP(=O)(O)OP(=O)(O)OC[C@@H]2O[C@H](n3cnc4c(=O)[nH]c(N)nc43)[C@H](O)[C@@H]2O)[C@H](O)[C@H](O)[C@@H]1O. The van der Waals surface area contributed by atoms with Crippen LogP contribution in [0.25, 0.3) is 11.2 Å². The molecule has 22 heteroatoms. The summed E-state index contributed by atoms with van der Waals surface area (Å²) in [6.07, 6.45) is -13.8. The van der Waals surface area contributed by atoms with E-state index in [0.717, 1.165) is 10.9 Å². The Labute approximate surface area is 211 Å². The van der Waals surface area contributed by atoms with E-state index >= 15 is 0 Å². The largest absolute Gasteiger partial charge is 0.483 e. The maximum Gasteiger partial charge on any atom is 0.483 e. The van der Waals surface area contributed by atoms with Crippen LogP contribution >= 0.6 is 15.6 Å². The van der Waals surface area contributed by atoms with Gasteiger partial charge in [0.15, 0.2) is 23.7 Å². The maximum atomic E-state index is 12.3. The molecule has 2 unspecified atom stereocenters. The van der Waals surface area contributed by atoms with Gasteiger partial charge in [0, 0.05) is 0 Å². The molecule has 0 spiro atoms. The molecule has 2 aliphatic rings. The Morgan fingerprint density at radius 1 is 1.05 bits per heavy atom. The van der Waals surface area contributed by atoms with Gasteiger partial charge in [-0.2, -0.15) is 9.29 Å². The number of H-pyrrole nitrogens is 1. The van der Waals surface area contributed by atoms with E-state index in [4.69, 9.17) is 15.2 Å². The van der Waals surface area contributed by atoms with Crippen LogP contribution in [-0.2, 0) is 32.0 Å². The van der Waals surface area contributed by atoms with Crippen LogP contribution in [0.2, 0.25) is 0 Å². The van der Waals surface area contributed by atoms with Crippen LogP contribution in [0.5, 0.6) is 0 Å². The first-order chi connectivity index (χ1) is 17.6. The zero-order valence-electron chi connectivity index (χ0n) is 19.2. The number of nitrogens with one attached hydrogen (secondary N) is 1. The van der Waals surface area contributed by atoms with Crippen molar-refractivity contribution in [2.45, 2.75) is 62.2 Å². The number of hydrogen-bond acceptors (Lipinski definition) is 16. The van der Waals surface area contributed by atoms with Gasteiger partial charge in [-0.25, -0.2) is 14.1 Å². The lowest BCUT2D eigenvalue weighted by Gasteiger charge is -2.38.